The van der Waals surface area contributed by atoms with E-state index in [1.54, 1.807) is 6.92 Å². The van der Waals surface area contributed by atoms with Crippen LogP contribution < -0.4 is 16.0 Å². The van der Waals surface area contributed by atoms with Gasteiger partial charge < -0.3 is 10.6 Å². The number of nitrogens with zero attached hydrogens (tertiary/aromatic N) is 1. The molecule has 0 saturated heterocycles. The minimum Gasteiger partial charge on any atom is -0.341 e. The summed E-state index contributed by atoms with van der Waals surface area (Å²) in [5.74, 6) is -0.373. The summed E-state index contributed by atoms with van der Waals surface area (Å²) >= 11 is 0. The Kier molecular flexibility index (Phi) is 5.26. The average molecular weight is 250 g/mol. The molecule has 1 unspecified atom stereocenters. The fourth-order valence-electron chi connectivity index (χ4n) is 1.33. The number of hydrogen-bond donors (Lipinski definition) is 3. The number of pyridine rings is 1. The fraction of sp³-hybridized carbons (Fsp3) is 0.417. The van der Waals surface area contributed by atoms with Crippen LogP contribution in [0, 0.1) is 6.92 Å². The zero-order chi connectivity index (χ0) is 13.5. The second kappa shape index (κ2) is 6.70. The minimum atomic E-state index is -0.512. The summed E-state index contributed by atoms with van der Waals surface area (Å²) in [6.45, 7) is 4.07. The molecule has 98 valence electrons. The summed E-state index contributed by atoms with van der Waals surface area (Å²) in [5, 5.41) is 7.53. The number of imide groups is 1. The maximum absolute atomic E-state index is 11.5. The predicted octanol–water partition coefficient (Wildman–Crippen LogP) is 0.324. The Morgan fingerprint density at radius 2 is 2.11 bits per heavy atom. The third-order valence-corrected chi connectivity index (χ3v) is 2.39. The first kappa shape index (κ1) is 14.1. The van der Waals surface area contributed by atoms with Crippen molar-refractivity contribution in [1.82, 2.24) is 20.9 Å². The number of amides is 3. The highest BCUT2D eigenvalue weighted by molar-refractivity contribution is 5.96. The second-order valence-electron chi connectivity index (χ2n) is 3.94. The monoisotopic (exact) mass is 250 g/mol. The predicted molar refractivity (Wildman–Crippen MR) is 67.9 cm³/mol. The van der Waals surface area contributed by atoms with Crippen LogP contribution in [-0.2, 0) is 11.3 Å². The number of urea groups is 1. The molecule has 0 radical (unpaired) electrons. The van der Waals surface area contributed by atoms with Crippen molar-refractivity contribution in [3.05, 3.63) is 29.6 Å². The molecule has 1 aromatic rings. The molecule has 0 aliphatic rings. The van der Waals surface area contributed by atoms with Gasteiger partial charge in [0.2, 0.25) is 5.91 Å². The lowest BCUT2D eigenvalue weighted by Gasteiger charge is -2.13. The van der Waals surface area contributed by atoms with Crippen molar-refractivity contribution < 1.29 is 9.59 Å². The number of nitrogens with one attached hydrogen (secondary N) is 3. The normalized spacial score (nSPS) is 11.7. The van der Waals surface area contributed by atoms with Gasteiger partial charge >= 0.3 is 6.03 Å². The van der Waals surface area contributed by atoms with E-state index in [2.05, 4.69) is 20.9 Å². The van der Waals surface area contributed by atoms with Crippen LogP contribution in [0.3, 0.4) is 0 Å². The van der Waals surface area contributed by atoms with Gasteiger partial charge in [-0.2, -0.15) is 0 Å². The number of aromatic nitrogens is 1. The zero-order valence-electron chi connectivity index (χ0n) is 10.8. The molecule has 1 rings (SSSR count). The standard InChI is InChI=1S/C12H18N4O2/c1-8-5-4-6-10(15-8)7-14-9(2)11(17)16-12(18)13-3/h4-6,9,14H,7H2,1-3H3,(H2,13,16,17,18). The quantitative estimate of drug-likeness (QED) is 0.719. The summed E-state index contributed by atoms with van der Waals surface area (Å²) in [4.78, 5) is 26.8. The molecule has 0 aliphatic carbocycles. The molecule has 6 nitrogen and oxygen atoms in total. The first-order chi connectivity index (χ1) is 8.52. The van der Waals surface area contributed by atoms with Gasteiger partial charge in [0, 0.05) is 19.3 Å². The maximum atomic E-state index is 11.5. The highest BCUT2D eigenvalue weighted by Gasteiger charge is 2.14. The summed E-state index contributed by atoms with van der Waals surface area (Å²) < 4.78 is 0. The Morgan fingerprint density at radius 3 is 2.72 bits per heavy atom. The van der Waals surface area contributed by atoms with Gasteiger partial charge in [0.05, 0.1) is 11.7 Å². The molecule has 0 saturated carbocycles. The number of carbonyl (C=O) groups excluding carboxylic acids is 2. The molecule has 0 fully saturated rings. The molecular weight excluding hydrogens is 232 g/mol. The molecular formula is C12H18N4O2. The van der Waals surface area contributed by atoms with E-state index < -0.39 is 12.1 Å². The van der Waals surface area contributed by atoms with Crippen LogP contribution in [0.1, 0.15) is 18.3 Å². The lowest BCUT2D eigenvalue weighted by atomic mass is 10.2. The molecule has 3 amide bonds. The smallest absolute Gasteiger partial charge is 0.321 e. The number of hydrogen-bond acceptors (Lipinski definition) is 4. The summed E-state index contributed by atoms with van der Waals surface area (Å²) in [5.41, 5.74) is 1.78. The highest BCUT2D eigenvalue weighted by atomic mass is 16.2. The maximum Gasteiger partial charge on any atom is 0.321 e. The molecule has 6 heteroatoms. The van der Waals surface area contributed by atoms with Crippen molar-refractivity contribution >= 4 is 11.9 Å². The van der Waals surface area contributed by atoms with E-state index in [-0.39, 0.29) is 5.91 Å². The Bertz CT molecular complexity index is 434. The van der Waals surface area contributed by atoms with Gasteiger partial charge in [0.1, 0.15) is 0 Å². The van der Waals surface area contributed by atoms with E-state index in [1.807, 2.05) is 25.1 Å². The molecule has 1 aromatic heterocycles. The fourth-order valence-corrected chi connectivity index (χ4v) is 1.33. The van der Waals surface area contributed by atoms with Crippen LogP contribution in [0.4, 0.5) is 4.79 Å². The van der Waals surface area contributed by atoms with Crippen LogP contribution in [0.2, 0.25) is 0 Å². The Hall–Kier alpha value is -1.95. The number of aryl methyl sites for hydroxylation is 1. The molecule has 0 aliphatic heterocycles. The average Bonchev–Trinajstić information content (AvgIpc) is 2.35. The van der Waals surface area contributed by atoms with Gasteiger partial charge in [-0.25, -0.2) is 4.79 Å². The van der Waals surface area contributed by atoms with Crippen molar-refractivity contribution in [1.29, 1.82) is 0 Å². The van der Waals surface area contributed by atoms with Crippen molar-refractivity contribution in [2.24, 2.45) is 0 Å². The third-order valence-electron chi connectivity index (χ3n) is 2.39. The molecule has 0 spiro atoms. The van der Waals surface area contributed by atoms with Crippen molar-refractivity contribution in [2.45, 2.75) is 26.4 Å². The van der Waals surface area contributed by atoms with Gasteiger partial charge in [-0.3, -0.25) is 15.1 Å². The molecule has 0 bridgehead atoms. The van der Waals surface area contributed by atoms with Crippen LogP contribution >= 0.6 is 0 Å². The van der Waals surface area contributed by atoms with Crippen LogP contribution in [0.25, 0.3) is 0 Å². The summed E-state index contributed by atoms with van der Waals surface area (Å²) in [7, 11) is 1.46. The van der Waals surface area contributed by atoms with E-state index in [4.69, 9.17) is 0 Å². The van der Waals surface area contributed by atoms with Crippen molar-refractivity contribution in [3.8, 4) is 0 Å². The number of rotatable bonds is 4. The second-order valence-corrected chi connectivity index (χ2v) is 3.94. The molecule has 1 atom stereocenters. The minimum absolute atomic E-state index is 0.373. The van der Waals surface area contributed by atoms with E-state index in [0.717, 1.165) is 11.4 Å². The first-order valence-electron chi connectivity index (χ1n) is 5.71. The van der Waals surface area contributed by atoms with E-state index in [0.29, 0.717) is 6.54 Å². The number of carbonyl (C=O) groups is 2. The third kappa shape index (κ3) is 4.50. The van der Waals surface area contributed by atoms with Crippen molar-refractivity contribution in [3.63, 3.8) is 0 Å². The lowest BCUT2D eigenvalue weighted by molar-refractivity contribution is -0.121. The van der Waals surface area contributed by atoms with Crippen LogP contribution in [0.15, 0.2) is 18.2 Å². The van der Waals surface area contributed by atoms with Gasteiger partial charge in [-0.15, -0.1) is 0 Å². The highest BCUT2D eigenvalue weighted by Crippen LogP contribution is 1.98. The van der Waals surface area contributed by atoms with Gasteiger partial charge in [-0.05, 0) is 26.0 Å². The Labute approximate surface area is 106 Å². The first-order valence-corrected chi connectivity index (χ1v) is 5.71. The van der Waals surface area contributed by atoms with E-state index in [9.17, 15) is 9.59 Å². The Balaban J connectivity index is 2.43. The summed E-state index contributed by atoms with van der Waals surface area (Å²) in [6, 6.07) is 4.72. The van der Waals surface area contributed by atoms with Crippen LogP contribution in [-0.4, -0.2) is 30.0 Å². The molecule has 1 heterocycles. The van der Waals surface area contributed by atoms with Crippen molar-refractivity contribution in [2.75, 3.05) is 7.05 Å². The van der Waals surface area contributed by atoms with Gasteiger partial charge in [0.15, 0.2) is 0 Å². The summed E-state index contributed by atoms with van der Waals surface area (Å²) in [6.07, 6.45) is 0. The van der Waals surface area contributed by atoms with E-state index in [1.165, 1.54) is 7.05 Å². The molecule has 18 heavy (non-hydrogen) atoms. The molecule has 3 N–H and O–H groups in total. The zero-order valence-corrected chi connectivity index (χ0v) is 10.8. The van der Waals surface area contributed by atoms with E-state index >= 15 is 0 Å². The van der Waals surface area contributed by atoms with Gasteiger partial charge in [0.25, 0.3) is 0 Å². The Morgan fingerprint density at radius 1 is 1.39 bits per heavy atom. The van der Waals surface area contributed by atoms with Gasteiger partial charge in [-0.1, -0.05) is 6.07 Å². The lowest BCUT2D eigenvalue weighted by Crippen LogP contribution is -2.47. The SMILES string of the molecule is CNC(=O)NC(=O)C(C)NCc1cccc(C)n1. The van der Waals surface area contributed by atoms with Crippen LogP contribution in [0.5, 0.6) is 0 Å². The largest absolute Gasteiger partial charge is 0.341 e. The topological polar surface area (TPSA) is 83.1 Å². The molecule has 0 aromatic carbocycles.